The van der Waals surface area contributed by atoms with Crippen molar-refractivity contribution in [3.05, 3.63) is 57.7 Å². The lowest BCUT2D eigenvalue weighted by molar-refractivity contribution is 0.102. The summed E-state index contributed by atoms with van der Waals surface area (Å²) >= 11 is 5.46. The number of rotatable bonds is 3. The molecule has 0 amide bonds. The normalized spacial score (nSPS) is 10.2. The highest BCUT2D eigenvalue weighted by molar-refractivity contribution is 14.1. The number of alkyl halides is 1. The van der Waals surface area contributed by atoms with Gasteiger partial charge in [0.05, 0.1) is 5.33 Å². The molecule has 0 saturated heterocycles. The van der Waals surface area contributed by atoms with E-state index < -0.39 is 0 Å². The molecule has 0 spiro atoms. The Morgan fingerprint density at radius 3 is 1.88 bits per heavy atom. The van der Waals surface area contributed by atoms with Crippen LogP contribution in [0.4, 0.5) is 0 Å². The smallest absolute Gasteiger partial charge is 0.173 e. The molecule has 2 aromatic rings. The van der Waals surface area contributed by atoms with Gasteiger partial charge in [0.15, 0.2) is 5.78 Å². The molecule has 86 valence electrons. The van der Waals surface area contributed by atoms with Crippen LogP contribution in [0.1, 0.15) is 10.4 Å². The Hall–Kier alpha value is -0.680. The topological polar surface area (TPSA) is 17.1 Å². The lowest BCUT2D eigenvalue weighted by Gasteiger charge is -2.03. The third kappa shape index (κ3) is 3.16. The fraction of sp³-hybridized carbons (Fsp3) is 0.0714. The molecule has 1 nitrogen and oxygen atoms in total. The molecule has 0 unspecified atom stereocenters. The molecule has 0 heterocycles. The minimum Gasteiger partial charge on any atom is -0.293 e. The highest BCUT2D eigenvalue weighted by atomic mass is 127. The first-order valence-corrected chi connectivity index (χ1v) is 7.36. The second kappa shape index (κ2) is 5.78. The fourth-order valence-corrected chi connectivity index (χ4v) is 2.25. The van der Waals surface area contributed by atoms with Gasteiger partial charge in [-0.15, -0.1) is 0 Å². The molecule has 0 saturated carbocycles. The summed E-state index contributed by atoms with van der Waals surface area (Å²) in [5, 5.41) is 0.371. The Balaban J connectivity index is 2.29. The van der Waals surface area contributed by atoms with Gasteiger partial charge in [0.25, 0.3) is 0 Å². The van der Waals surface area contributed by atoms with Crippen molar-refractivity contribution in [2.75, 3.05) is 5.33 Å². The average Bonchev–Trinajstić information content (AvgIpc) is 2.39. The lowest BCUT2D eigenvalue weighted by atomic mass is 10.0. The zero-order chi connectivity index (χ0) is 12.3. The standard InChI is InChI=1S/C14H10BrIO/c15-9-14(17)12-3-1-10(2-4-12)11-5-7-13(16)8-6-11/h1-8H,9H2. The van der Waals surface area contributed by atoms with E-state index in [2.05, 4.69) is 62.8 Å². The molecule has 0 aliphatic carbocycles. The van der Waals surface area contributed by atoms with Crippen molar-refractivity contribution in [2.24, 2.45) is 0 Å². The van der Waals surface area contributed by atoms with Crippen LogP contribution in [0.25, 0.3) is 11.1 Å². The summed E-state index contributed by atoms with van der Waals surface area (Å²) in [6.07, 6.45) is 0. The van der Waals surface area contributed by atoms with E-state index in [-0.39, 0.29) is 5.78 Å². The van der Waals surface area contributed by atoms with E-state index >= 15 is 0 Å². The van der Waals surface area contributed by atoms with Crippen molar-refractivity contribution in [1.82, 2.24) is 0 Å². The number of Topliss-reactive ketones (excluding diaryl/α,β-unsaturated/α-hetero) is 1. The van der Waals surface area contributed by atoms with E-state index in [1.165, 1.54) is 9.13 Å². The van der Waals surface area contributed by atoms with Gasteiger partial charge in [-0.25, -0.2) is 0 Å². The number of hydrogen-bond acceptors (Lipinski definition) is 1. The molecule has 3 heteroatoms. The predicted octanol–water partition coefficient (Wildman–Crippen LogP) is 4.54. The van der Waals surface area contributed by atoms with Gasteiger partial charge in [-0.2, -0.15) is 0 Å². The monoisotopic (exact) mass is 400 g/mol. The first-order valence-electron chi connectivity index (χ1n) is 5.16. The molecule has 0 aliphatic heterocycles. The van der Waals surface area contributed by atoms with E-state index in [4.69, 9.17) is 0 Å². The number of halogens is 2. The molecule has 0 radical (unpaired) electrons. The second-order valence-corrected chi connectivity index (χ2v) is 5.45. The molecule has 0 fully saturated rings. The van der Waals surface area contributed by atoms with Crippen LogP contribution in [0.15, 0.2) is 48.5 Å². The average molecular weight is 401 g/mol. The van der Waals surface area contributed by atoms with E-state index in [0.717, 1.165) is 11.1 Å². The van der Waals surface area contributed by atoms with Gasteiger partial charge in [0.2, 0.25) is 0 Å². The molecule has 2 aromatic carbocycles. The minimum absolute atomic E-state index is 0.110. The number of carbonyl (C=O) groups is 1. The zero-order valence-electron chi connectivity index (χ0n) is 8.99. The summed E-state index contributed by atoms with van der Waals surface area (Å²) in [6.45, 7) is 0. The van der Waals surface area contributed by atoms with Gasteiger partial charge in [0.1, 0.15) is 0 Å². The maximum Gasteiger partial charge on any atom is 0.173 e. The van der Waals surface area contributed by atoms with Crippen LogP contribution in [-0.2, 0) is 0 Å². The Kier molecular flexibility index (Phi) is 4.34. The Morgan fingerprint density at radius 1 is 0.941 bits per heavy atom. The number of benzene rings is 2. The third-order valence-electron chi connectivity index (χ3n) is 2.51. The van der Waals surface area contributed by atoms with Gasteiger partial charge in [0, 0.05) is 9.13 Å². The van der Waals surface area contributed by atoms with Crippen molar-refractivity contribution in [3.63, 3.8) is 0 Å². The van der Waals surface area contributed by atoms with Gasteiger partial charge in [-0.3, -0.25) is 4.79 Å². The van der Waals surface area contributed by atoms with Crippen molar-refractivity contribution in [2.45, 2.75) is 0 Å². The first kappa shape index (κ1) is 12.8. The number of hydrogen-bond donors (Lipinski definition) is 0. The van der Waals surface area contributed by atoms with E-state index in [0.29, 0.717) is 5.33 Å². The summed E-state index contributed by atoms with van der Waals surface area (Å²) in [5.41, 5.74) is 3.05. The maximum atomic E-state index is 11.5. The quantitative estimate of drug-likeness (QED) is 0.420. The SMILES string of the molecule is O=C(CBr)c1ccc(-c2ccc(I)cc2)cc1. The van der Waals surface area contributed by atoms with E-state index in [9.17, 15) is 4.79 Å². The summed E-state index contributed by atoms with van der Waals surface area (Å²) in [6, 6.07) is 16.0. The van der Waals surface area contributed by atoms with Gasteiger partial charge in [-0.05, 0) is 45.9 Å². The Labute approximate surface area is 123 Å². The molecule has 0 bridgehead atoms. The van der Waals surface area contributed by atoms with Crippen molar-refractivity contribution in [3.8, 4) is 11.1 Å². The van der Waals surface area contributed by atoms with Crippen LogP contribution < -0.4 is 0 Å². The van der Waals surface area contributed by atoms with Crippen LogP contribution in [0.3, 0.4) is 0 Å². The largest absolute Gasteiger partial charge is 0.293 e. The summed E-state index contributed by atoms with van der Waals surface area (Å²) < 4.78 is 1.22. The van der Waals surface area contributed by atoms with Crippen molar-refractivity contribution >= 4 is 44.3 Å². The molecule has 0 aliphatic rings. The second-order valence-electron chi connectivity index (χ2n) is 3.64. The molecule has 17 heavy (non-hydrogen) atoms. The molecule has 2 rings (SSSR count). The lowest BCUT2D eigenvalue weighted by Crippen LogP contribution is -1.98. The molecular weight excluding hydrogens is 391 g/mol. The van der Waals surface area contributed by atoms with Crippen molar-refractivity contribution < 1.29 is 4.79 Å². The van der Waals surface area contributed by atoms with E-state index in [1.54, 1.807) is 0 Å². The Bertz CT molecular complexity index is 517. The highest BCUT2D eigenvalue weighted by Gasteiger charge is 2.04. The van der Waals surface area contributed by atoms with Crippen LogP contribution in [0, 0.1) is 3.57 Å². The zero-order valence-corrected chi connectivity index (χ0v) is 12.7. The number of carbonyl (C=O) groups excluding carboxylic acids is 1. The van der Waals surface area contributed by atoms with Crippen LogP contribution in [0.5, 0.6) is 0 Å². The van der Waals surface area contributed by atoms with Crippen LogP contribution in [0.2, 0.25) is 0 Å². The van der Waals surface area contributed by atoms with E-state index in [1.807, 2.05) is 24.3 Å². The van der Waals surface area contributed by atoms with Crippen molar-refractivity contribution in [1.29, 1.82) is 0 Å². The van der Waals surface area contributed by atoms with Gasteiger partial charge in [-0.1, -0.05) is 52.3 Å². The Morgan fingerprint density at radius 2 is 1.41 bits per heavy atom. The molecule has 0 N–H and O–H groups in total. The maximum absolute atomic E-state index is 11.5. The van der Waals surface area contributed by atoms with Crippen LogP contribution >= 0.6 is 38.5 Å². The summed E-state index contributed by atoms with van der Waals surface area (Å²) in [4.78, 5) is 11.5. The minimum atomic E-state index is 0.110. The van der Waals surface area contributed by atoms with Gasteiger partial charge < -0.3 is 0 Å². The van der Waals surface area contributed by atoms with Crippen LogP contribution in [-0.4, -0.2) is 11.1 Å². The summed E-state index contributed by atoms with van der Waals surface area (Å²) in [7, 11) is 0. The fourth-order valence-electron chi connectivity index (χ4n) is 1.57. The molecule has 0 aromatic heterocycles. The molecular formula is C14H10BrIO. The third-order valence-corrected chi connectivity index (χ3v) is 3.73. The predicted molar refractivity (Wildman–Crippen MR) is 82.7 cm³/mol. The van der Waals surface area contributed by atoms with Gasteiger partial charge >= 0.3 is 0 Å². The highest BCUT2D eigenvalue weighted by Crippen LogP contribution is 2.21. The number of ketones is 1. The first-order chi connectivity index (χ1) is 8.20. The summed E-state index contributed by atoms with van der Waals surface area (Å²) in [5.74, 6) is 0.110. The molecule has 0 atom stereocenters.